The zero-order valence-corrected chi connectivity index (χ0v) is 16.8. The molecular weight excluding hydrogens is 346 g/mol. The summed E-state index contributed by atoms with van der Waals surface area (Å²) < 4.78 is 1.83. The van der Waals surface area contributed by atoms with E-state index in [1.165, 1.54) is 23.5 Å². The van der Waals surface area contributed by atoms with E-state index < -0.39 is 0 Å². The molecular formula is C18H29N7S. The zero-order valence-electron chi connectivity index (χ0n) is 16.0. The van der Waals surface area contributed by atoms with Gasteiger partial charge in [0.05, 0.1) is 11.9 Å². The molecule has 7 nitrogen and oxygen atoms in total. The molecule has 142 valence electrons. The van der Waals surface area contributed by atoms with Crippen LogP contribution in [0.15, 0.2) is 22.8 Å². The van der Waals surface area contributed by atoms with Crippen molar-refractivity contribution >= 4 is 22.4 Å². The molecule has 0 unspecified atom stereocenters. The number of aliphatic imine (C=N–C) groups is 1. The number of aromatic nitrogens is 3. The Labute approximate surface area is 159 Å². The summed E-state index contributed by atoms with van der Waals surface area (Å²) in [6, 6.07) is 0. The fourth-order valence-corrected chi connectivity index (χ4v) is 4.03. The summed E-state index contributed by atoms with van der Waals surface area (Å²) in [4.78, 5) is 14.1. The second kappa shape index (κ2) is 9.02. The molecule has 0 aliphatic carbocycles. The van der Waals surface area contributed by atoms with Crippen molar-refractivity contribution in [1.29, 1.82) is 0 Å². The number of aryl methyl sites for hydroxylation is 1. The van der Waals surface area contributed by atoms with Gasteiger partial charge in [0.15, 0.2) is 11.1 Å². The molecule has 1 fully saturated rings. The minimum atomic E-state index is 0.739. The number of nitrogens with one attached hydrogen (secondary N) is 1. The molecule has 0 atom stereocenters. The highest BCUT2D eigenvalue weighted by Crippen LogP contribution is 2.24. The van der Waals surface area contributed by atoms with Crippen LogP contribution in [0.3, 0.4) is 0 Å². The lowest BCUT2D eigenvalue weighted by atomic mass is 10.3. The van der Waals surface area contributed by atoms with E-state index in [2.05, 4.69) is 39.6 Å². The van der Waals surface area contributed by atoms with Crippen molar-refractivity contribution in [3.8, 4) is 0 Å². The molecule has 2 aromatic heterocycles. The molecule has 1 aliphatic heterocycles. The largest absolute Gasteiger partial charge is 0.357 e. The molecule has 0 saturated carbocycles. The van der Waals surface area contributed by atoms with E-state index in [0.717, 1.165) is 50.8 Å². The van der Waals surface area contributed by atoms with Gasteiger partial charge in [0.2, 0.25) is 0 Å². The number of guanidine groups is 1. The number of hydrogen-bond donors (Lipinski definition) is 1. The first kappa shape index (κ1) is 18.7. The van der Waals surface area contributed by atoms with Crippen molar-refractivity contribution in [3.63, 3.8) is 0 Å². The molecule has 0 aromatic carbocycles. The lowest BCUT2D eigenvalue weighted by Crippen LogP contribution is -2.38. The summed E-state index contributed by atoms with van der Waals surface area (Å²) in [6.07, 6.45) is 7.38. The van der Waals surface area contributed by atoms with E-state index in [1.54, 1.807) is 11.3 Å². The molecule has 0 bridgehead atoms. The maximum absolute atomic E-state index is 4.78. The van der Waals surface area contributed by atoms with Gasteiger partial charge in [0.25, 0.3) is 0 Å². The van der Waals surface area contributed by atoms with E-state index in [0.29, 0.717) is 0 Å². The van der Waals surface area contributed by atoms with E-state index in [9.17, 15) is 0 Å². The van der Waals surface area contributed by atoms with Crippen molar-refractivity contribution in [1.82, 2.24) is 25.0 Å². The van der Waals surface area contributed by atoms with Crippen molar-refractivity contribution in [2.45, 2.75) is 32.7 Å². The van der Waals surface area contributed by atoms with Crippen LogP contribution in [-0.4, -0.2) is 58.9 Å². The molecule has 0 spiro atoms. The molecule has 26 heavy (non-hydrogen) atoms. The molecule has 0 radical (unpaired) electrons. The van der Waals surface area contributed by atoms with Crippen LogP contribution >= 0.6 is 11.3 Å². The van der Waals surface area contributed by atoms with Gasteiger partial charge in [0, 0.05) is 70.4 Å². The molecule has 3 rings (SSSR count). The van der Waals surface area contributed by atoms with Crippen molar-refractivity contribution in [2.75, 3.05) is 38.1 Å². The van der Waals surface area contributed by atoms with Gasteiger partial charge in [-0.15, -0.1) is 11.3 Å². The zero-order chi connectivity index (χ0) is 18.4. The molecule has 8 heteroatoms. The van der Waals surface area contributed by atoms with Gasteiger partial charge in [-0.1, -0.05) is 0 Å². The van der Waals surface area contributed by atoms with Gasteiger partial charge in [-0.3, -0.25) is 9.67 Å². The Kier molecular flexibility index (Phi) is 6.49. The molecule has 3 heterocycles. The Hall–Kier alpha value is -2.09. The third kappa shape index (κ3) is 4.97. The van der Waals surface area contributed by atoms with Crippen LogP contribution in [0.5, 0.6) is 0 Å². The molecule has 1 saturated heterocycles. The van der Waals surface area contributed by atoms with E-state index in [1.807, 2.05) is 24.1 Å². The van der Waals surface area contributed by atoms with Gasteiger partial charge >= 0.3 is 0 Å². The van der Waals surface area contributed by atoms with Crippen molar-refractivity contribution in [2.24, 2.45) is 12.0 Å². The van der Waals surface area contributed by atoms with Crippen LogP contribution < -0.4 is 10.2 Å². The number of nitrogens with zero attached hydrogens (tertiary/aromatic N) is 6. The first-order valence-electron chi connectivity index (χ1n) is 9.32. The average Bonchev–Trinajstić information content (AvgIpc) is 3.35. The highest BCUT2D eigenvalue weighted by atomic mass is 32.1. The summed E-state index contributed by atoms with van der Waals surface area (Å²) in [7, 11) is 4.00. The fourth-order valence-electron chi connectivity index (χ4n) is 3.11. The van der Waals surface area contributed by atoms with Crippen LogP contribution in [-0.2, 0) is 20.0 Å². The third-order valence-electron chi connectivity index (χ3n) is 4.42. The smallest absolute Gasteiger partial charge is 0.193 e. The molecule has 1 aliphatic rings. The van der Waals surface area contributed by atoms with Gasteiger partial charge in [-0.05, 0) is 19.8 Å². The lowest BCUT2D eigenvalue weighted by Gasteiger charge is -2.21. The van der Waals surface area contributed by atoms with Crippen molar-refractivity contribution in [3.05, 3.63) is 29.0 Å². The number of thiazole rings is 1. The first-order valence-corrected chi connectivity index (χ1v) is 10.2. The molecule has 2 aromatic rings. The highest BCUT2D eigenvalue weighted by molar-refractivity contribution is 7.13. The van der Waals surface area contributed by atoms with Gasteiger partial charge in [0.1, 0.15) is 0 Å². The summed E-state index contributed by atoms with van der Waals surface area (Å²) in [5.74, 6) is 0.923. The van der Waals surface area contributed by atoms with Gasteiger partial charge in [-0.2, -0.15) is 5.10 Å². The van der Waals surface area contributed by atoms with Gasteiger partial charge < -0.3 is 15.1 Å². The Morgan fingerprint density at radius 3 is 2.88 bits per heavy atom. The third-order valence-corrected chi connectivity index (χ3v) is 5.37. The number of rotatable bonds is 7. The number of hydrogen-bond acceptors (Lipinski definition) is 5. The maximum atomic E-state index is 4.78. The number of anilines is 1. The highest BCUT2D eigenvalue weighted by Gasteiger charge is 2.15. The SMILES string of the molecule is CCNC(=NCCc1csc(N2CCCC2)n1)N(C)Cc1cnn(C)c1. The molecule has 1 N–H and O–H groups in total. The Morgan fingerprint density at radius 2 is 2.19 bits per heavy atom. The fraction of sp³-hybridized carbons (Fsp3) is 0.611. The van der Waals surface area contributed by atoms with Crippen LogP contribution in [0.1, 0.15) is 31.0 Å². The quantitative estimate of drug-likeness (QED) is 0.593. The minimum Gasteiger partial charge on any atom is -0.357 e. The standard InChI is InChI=1S/C18H29N7S/c1-4-19-17(23(2)12-15-11-21-24(3)13-15)20-8-7-16-14-26-18(22-16)25-9-5-6-10-25/h11,13-14H,4-10,12H2,1-3H3,(H,19,20). The van der Waals surface area contributed by atoms with Gasteiger partial charge in [-0.25, -0.2) is 4.98 Å². The lowest BCUT2D eigenvalue weighted by molar-refractivity contribution is 0.476. The second-order valence-corrected chi connectivity index (χ2v) is 7.52. The summed E-state index contributed by atoms with van der Waals surface area (Å²) in [6.45, 7) is 6.77. The first-order chi connectivity index (χ1) is 12.7. The van der Waals surface area contributed by atoms with Crippen molar-refractivity contribution < 1.29 is 0 Å². The predicted octanol–water partition coefficient (Wildman–Crippen LogP) is 2.12. The summed E-state index contributed by atoms with van der Waals surface area (Å²) in [5, 5.41) is 10.9. The monoisotopic (exact) mass is 375 g/mol. The Bertz CT molecular complexity index is 715. The second-order valence-electron chi connectivity index (χ2n) is 6.68. The topological polar surface area (TPSA) is 61.6 Å². The maximum Gasteiger partial charge on any atom is 0.193 e. The Balaban J connectivity index is 1.54. The predicted molar refractivity (Wildman–Crippen MR) is 108 cm³/mol. The summed E-state index contributed by atoms with van der Waals surface area (Å²) >= 11 is 1.76. The van der Waals surface area contributed by atoms with E-state index in [-0.39, 0.29) is 0 Å². The van der Waals surface area contributed by atoms with E-state index in [4.69, 9.17) is 9.98 Å². The van der Waals surface area contributed by atoms with Crippen LogP contribution in [0.2, 0.25) is 0 Å². The Morgan fingerprint density at radius 1 is 1.38 bits per heavy atom. The summed E-state index contributed by atoms with van der Waals surface area (Å²) in [5.41, 5.74) is 2.32. The van der Waals surface area contributed by atoms with Crippen LogP contribution in [0.4, 0.5) is 5.13 Å². The molecule has 0 amide bonds. The van der Waals surface area contributed by atoms with Crippen LogP contribution in [0.25, 0.3) is 0 Å². The van der Waals surface area contributed by atoms with Crippen LogP contribution in [0, 0.1) is 0 Å². The van der Waals surface area contributed by atoms with E-state index >= 15 is 0 Å². The minimum absolute atomic E-state index is 0.739. The average molecular weight is 376 g/mol. The normalized spacial score (nSPS) is 14.9.